The number of rotatable bonds is 1. The van der Waals surface area contributed by atoms with Gasteiger partial charge in [0, 0.05) is 0 Å². The van der Waals surface area contributed by atoms with Crippen LogP contribution in [0, 0.1) is 0 Å². The first-order chi connectivity index (χ1) is 4.33. The first-order valence-corrected chi connectivity index (χ1v) is 3.01. The van der Waals surface area contributed by atoms with Crippen LogP contribution in [0.1, 0.15) is 20.3 Å². The zero-order valence-electron chi connectivity index (χ0n) is 6.69. The van der Waals surface area contributed by atoms with E-state index in [0.717, 1.165) is 6.42 Å². The highest BCUT2D eigenvalue weighted by molar-refractivity contribution is 4.60. The molecule has 0 saturated heterocycles. The lowest BCUT2D eigenvalue weighted by Gasteiger charge is -1.57. The lowest BCUT2D eigenvalue weighted by molar-refractivity contribution is 1.23. The van der Waals surface area contributed by atoms with Crippen LogP contribution in [0.2, 0.25) is 0 Å². The molecule has 0 spiro atoms. The molecular formula is C9H18. The van der Waals surface area contributed by atoms with Crippen LogP contribution in [0.3, 0.4) is 0 Å². The summed E-state index contributed by atoms with van der Waals surface area (Å²) < 4.78 is 0. The van der Waals surface area contributed by atoms with Crippen LogP contribution < -0.4 is 0 Å². The molecule has 0 radical (unpaired) electrons. The Kier molecular flexibility index (Phi) is 99.0. The average molecular weight is 126 g/mol. The highest BCUT2D eigenvalue weighted by Crippen LogP contribution is 1.66. The fraction of sp³-hybridized carbons (Fsp3) is 0.333. The molecule has 0 aliphatic rings. The smallest absolute Gasteiger partial charge is 0.0382 e. The van der Waals surface area contributed by atoms with Crippen LogP contribution in [-0.4, -0.2) is 0 Å². The molecule has 0 unspecified atom stereocenters. The van der Waals surface area contributed by atoms with E-state index in [1.54, 1.807) is 6.08 Å². The molecule has 9 heavy (non-hydrogen) atoms. The van der Waals surface area contributed by atoms with Gasteiger partial charge in [-0.15, -0.1) is 26.3 Å². The van der Waals surface area contributed by atoms with E-state index < -0.39 is 0 Å². The van der Waals surface area contributed by atoms with Gasteiger partial charge in [0.2, 0.25) is 0 Å². The first-order valence-electron chi connectivity index (χ1n) is 3.01. The van der Waals surface area contributed by atoms with Crippen molar-refractivity contribution < 1.29 is 0 Å². The highest BCUT2D eigenvalue weighted by Gasteiger charge is 1.45. The van der Waals surface area contributed by atoms with Gasteiger partial charge in [-0.25, -0.2) is 0 Å². The fourth-order valence-electron chi connectivity index (χ4n) is 0. The van der Waals surface area contributed by atoms with Crippen LogP contribution in [0.5, 0.6) is 0 Å². The van der Waals surface area contributed by atoms with Gasteiger partial charge in [-0.05, 0) is 13.3 Å². The molecule has 0 aromatic heterocycles. The van der Waals surface area contributed by atoms with Gasteiger partial charge >= 0.3 is 0 Å². The molecule has 0 aliphatic heterocycles. The van der Waals surface area contributed by atoms with Gasteiger partial charge in [0.1, 0.15) is 0 Å². The normalized spacial score (nSPS) is 4.67. The van der Waals surface area contributed by atoms with Crippen LogP contribution in [0.4, 0.5) is 0 Å². The summed E-state index contributed by atoms with van der Waals surface area (Å²) in [6.45, 7) is 16.8. The Labute approximate surface area is 59.6 Å². The molecule has 0 rings (SSSR count). The molecule has 0 fully saturated rings. The molecule has 0 nitrogen and oxygen atoms in total. The van der Waals surface area contributed by atoms with Crippen molar-refractivity contribution in [1.29, 1.82) is 0 Å². The molecule has 0 atom stereocenters. The predicted octanol–water partition coefficient (Wildman–Crippen LogP) is 3.58. The van der Waals surface area contributed by atoms with Crippen LogP contribution in [0.15, 0.2) is 38.5 Å². The quantitative estimate of drug-likeness (QED) is 0.471. The van der Waals surface area contributed by atoms with Crippen molar-refractivity contribution in [1.82, 2.24) is 0 Å². The topological polar surface area (TPSA) is 0 Å². The maximum Gasteiger partial charge on any atom is -0.0382 e. The third-order valence-corrected chi connectivity index (χ3v) is 0.289. The van der Waals surface area contributed by atoms with E-state index in [1.165, 1.54) is 0 Å². The molecule has 54 valence electrons. The Morgan fingerprint density at radius 3 is 1.33 bits per heavy atom. The van der Waals surface area contributed by atoms with E-state index >= 15 is 0 Å². The Morgan fingerprint density at radius 1 is 1.22 bits per heavy atom. The van der Waals surface area contributed by atoms with Crippen LogP contribution >= 0.6 is 0 Å². The molecule has 0 aliphatic carbocycles. The summed E-state index contributed by atoms with van der Waals surface area (Å²) in [5.74, 6) is 0. The van der Waals surface area contributed by atoms with E-state index in [0.29, 0.717) is 0 Å². The number of hydrogen-bond acceptors (Lipinski definition) is 0. The molecule has 0 bridgehead atoms. The van der Waals surface area contributed by atoms with E-state index in [9.17, 15) is 0 Å². The largest absolute Gasteiger partial charge is 0.106 e. The molecule has 0 saturated carbocycles. The average Bonchev–Trinajstić information content (AvgIpc) is 1.94. The summed E-state index contributed by atoms with van der Waals surface area (Å²) >= 11 is 0. The van der Waals surface area contributed by atoms with Crippen LogP contribution in [-0.2, 0) is 0 Å². The maximum absolute atomic E-state index is 3.48. The Balaban J connectivity index is -0.0000000646. The third kappa shape index (κ3) is 4060. The zero-order chi connectivity index (χ0) is 8.12. The first kappa shape index (κ1) is 15.7. The fourth-order valence-corrected chi connectivity index (χ4v) is 0. The molecule has 0 aromatic carbocycles. The minimum absolute atomic E-state index is 1.08. The monoisotopic (exact) mass is 126 g/mol. The summed E-state index contributed by atoms with van der Waals surface area (Å²) in [7, 11) is 0. The molecule has 0 aromatic rings. The van der Waals surface area contributed by atoms with Crippen molar-refractivity contribution in [2.24, 2.45) is 0 Å². The van der Waals surface area contributed by atoms with Gasteiger partial charge in [-0.2, -0.15) is 0 Å². The predicted molar refractivity (Wildman–Crippen MR) is 47.6 cm³/mol. The second kappa shape index (κ2) is 56.7. The number of allylic oxidation sites excluding steroid dienone is 2. The van der Waals surface area contributed by atoms with Crippen molar-refractivity contribution >= 4 is 0 Å². The van der Waals surface area contributed by atoms with Gasteiger partial charge in [-0.3, -0.25) is 0 Å². The van der Waals surface area contributed by atoms with Gasteiger partial charge < -0.3 is 0 Å². The molecule has 0 amide bonds. The molecule has 0 N–H and O–H groups in total. The molecule has 0 heterocycles. The van der Waals surface area contributed by atoms with E-state index in [1.807, 2.05) is 13.0 Å². The second-order valence-corrected chi connectivity index (χ2v) is 1.11. The number of hydrogen-bond donors (Lipinski definition) is 0. The minimum Gasteiger partial charge on any atom is -0.106 e. The van der Waals surface area contributed by atoms with E-state index in [-0.39, 0.29) is 0 Å². The summed E-state index contributed by atoms with van der Waals surface area (Å²) in [6, 6.07) is 0. The second-order valence-electron chi connectivity index (χ2n) is 1.11. The highest BCUT2D eigenvalue weighted by atomic mass is 13.5. The van der Waals surface area contributed by atoms with Gasteiger partial charge in [-0.1, -0.05) is 19.1 Å². The third-order valence-electron chi connectivity index (χ3n) is 0.289. The summed E-state index contributed by atoms with van der Waals surface area (Å²) in [4.78, 5) is 0. The summed E-state index contributed by atoms with van der Waals surface area (Å²) in [5, 5.41) is 0. The van der Waals surface area contributed by atoms with Crippen molar-refractivity contribution in [3.05, 3.63) is 38.5 Å². The lowest BCUT2D eigenvalue weighted by Crippen LogP contribution is -1.36. The van der Waals surface area contributed by atoms with Gasteiger partial charge in [0.25, 0.3) is 0 Å². The van der Waals surface area contributed by atoms with Crippen LogP contribution in [0.25, 0.3) is 0 Å². The Bertz CT molecular complexity index is 44.0. The molecule has 0 heteroatoms. The SMILES string of the molecule is C=C.C=CC.C=CCC. The standard InChI is InChI=1S/C4H8.C3H6.C2H4/c1-3-4-2;1-3-2;1-2/h3H,1,4H2,2H3;3H,1H2,2H3;1-2H2. The molecular weight excluding hydrogens is 108 g/mol. The van der Waals surface area contributed by atoms with Crippen molar-refractivity contribution in [3.8, 4) is 0 Å². The van der Waals surface area contributed by atoms with E-state index in [4.69, 9.17) is 0 Å². The minimum atomic E-state index is 1.08. The lowest BCUT2D eigenvalue weighted by atomic mass is 10.5. The maximum atomic E-state index is 3.48. The summed E-state index contributed by atoms with van der Waals surface area (Å²) in [5.41, 5.74) is 0. The van der Waals surface area contributed by atoms with Crippen molar-refractivity contribution in [2.45, 2.75) is 20.3 Å². The van der Waals surface area contributed by atoms with E-state index in [2.05, 4.69) is 33.2 Å². The van der Waals surface area contributed by atoms with Gasteiger partial charge in [0.05, 0.1) is 0 Å². The van der Waals surface area contributed by atoms with Crippen molar-refractivity contribution in [3.63, 3.8) is 0 Å². The Morgan fingerprint density at radius 2 is 1.33 bits per heavy atom. The van der Waals surface area contributed by atoms with Gasteiger partial charge in [0.15, 0.2) is 0 Å². The summed E-state index contributed by atoms with van der Waals surface area (Å²) in [6.07, 6.45) is 4.71. The van der Waals surface area contributed by atoms with Crippen molar-refractivity contribution in [2.75, 3.05) is 0 Å². The zero-order valence-corrected chi connectivity index (χ0v) is 6.69. The Hall–Kier alpha value is -0.780.